The lowest BCUT2D eigenvalue weighted by atomic mass is 10.1. The summed E-state index contributed by atoms with van der Waals surface area (Å²) in [5.74, 6) is 0.703. The van der Waals surface area contributed by atoms with Crippen molar-refractivity contribution >= 4 is 17.7 Å². The van der Waals surface area contributed by atoms with Gasteiger partial charge in [0, 0.05) is 26.2 Å². The second-order valence-corrected chi connectivity index (χ2v) is 6.82. The van der Waals surface area contributed by atoms with E-state index in [1.54, 1.807) is 17.3 Å². The number of rotatable bonds is 6. The summed E-state index contributed by atoms with van der Waals surface area (Å²) in [7, 11) is 0. The molecule has 0 bridgehead atoms. The van der Waals surface area contributed by atoms with Crippen molar-refractivity contribution in [1.29, 1.82) is 0 Å². The number of piperidine rings is 1. The average molecular weight is 367 g/mol. The highest BCUT2D eigenvalue weighted by Gasteiger charge is 2.24. The van der Waals surface area contributed by atoms with E-state index >= 15 is 0 Å². The Hall–Kier alpha value is -2.63. The molecule has 2 heterocycles. The van der Waals surface area contributed by atoms with Crippen LogP contribution in [0, 0.1) is 0 Å². The number of urea groups is 1. The number of nitrogens with zero attached hydrogens (tertiary/aromatic N) is 5. The van der Waals surface area contributed by atoms with Crippen LogP contribution >= 0.6 is 0 Å². The van der Waals surface area contributed by atoms with Gasteiger partial charge in [-0.2, -0.15) is 0 Å². The van der Waals surface area contributed by atoms with Crippen molar-refractivity contribution < 1.29 is 4.79 Å². The molecule has 2 aromatic rings. The van der Waals surface area contributed by atoms with Gasteiger partial charge in [0.2, 0.25) is 5.95 Å². The quantitative estimate of drug-likeness (QED) is 0.776. The van der Waals surface area contributed by atoms with Crippen LogP contribution in [0.1, 0.15) is 38.7 Å². The Morgan fingerprint density at radius 1 is 1.00 bits per heavy atom. The first-order chi connectivity index (χ1) is 13.2. The molecule has 1 fully saturated rings. The number of aromatic nitrogens is 2. The molecule has 1 aromatic carbocycles. The van der Waals surface area contributed by atoms with Gasteiger partial charge < -0.3 is 9.80 Å². The first kappa shape index (κ1) is 19.1. The zero-order valence-corrected chi connectivity index (χ0v) is 16.3. The molecule has 144 valence electrons. The number of hydrogen-bond donors (Lipinski definition) is 0. The highest BCUT2D eigenvalue weighted by molar-refractivity contribution is 5.91. The first-order valence-corrected chi connectivity index (χ1v) is 9.90. The maximum absolute atomic E-state index is 13.2. The van der Waals surface area contributed by atoms with Gasteiger partial charge in [-0.25, -0.2) is 14.8 Å². The summed E-state index contributed by atoms with van der Waals surface area (Å²) in [5, 5.41) is 0. The van der Waals surface area contributed by atoms with Crippen LogP contribution < -0.4 is 9.80 Å². The van der Waals surface area contributed by atoms with Crippen molar-refractivity contribution in [3.05, 3.63) is 48.3 Å². The fraction of sp³-hybridized carbons (Fsp3) is 0.476. The first-order valence-electron chi connectivity index (χ1n) is 9.90. The third kappa shape index (κ3) is 4.76. The average Bonchev–Trinajstić information content (AvgIpc) is 2.74. The van der Waals surface area contributed by atoms with E-state index in [2.05, 4.69) is 28.7 Å². The molecule has 0 N–H and O–H groups in total. The van der Waals surface area contributed by atoms with Crippen molar-refractivity contribution in [3.63, 3.8) is 0 Å². The van der Waals surface area contributed by atoms with E-state index in [9.17, 15) is 4.79 Å². The van der Waals surface area contributed by atoms with Crippen molar-refractivity contribution in [3.8, 4) is 0 Å². The molecule has 1 saturated heterocycles. The van der Waals surface area contributed by atoms with Crippen molar-refractivity contribution in [2.75, 3.05) is 36.0 Å². The van der Waals surface area contributed by atoms with Gasteiger partial charge in [-0.1, -0.05) is 30.3 Å². The zero-order chi connectivity index (χ0) is 19.1. The molecule has 27 heavy (non-hydrogen) atoms. The summed E-state index contributed by atoms with van der Waals surface area (Å²) in [6, 6.07) is 10.1. The van der Waals surface area contributed by atoms with Crippen LogP contribution in [0.4, 0.5) is 16.4 Å². The van der Waals surface area contributed by atoms with Crippen LogP contribution in [0.2, 0.25) is 0 Å². The number of carbonyl (C=O) groups excluding carboxylic acids is 1. The van der Waals surface area contributed by atoms with Crippen molar-refractivity contribution in [2.45, 2.75) is 39.7 Å². The van der Waals surface area contributed by atoms with Crippen molar-refractivity contribution in [1.82, 2.24) is 14.9 Å². The van der Waals surface area contributed by atoms with Crippen LogP contribution in [-0.4, -0.2) is 47.1 Å². The van der Waals surface area contributed by atoms with E-state index in [1.165, 1.54) is 6.42 Å². The van der Waals surface area contributed by atoms with E-state index in [-0.39, 0.29) is 6.03 Å². The number of carbonyl (C=O) groups is 1. The number of benzene rings is 1. The molecule has 0 aliphatic carbocycles. The van der Waals surface area contributed by atoms with Crippen LogP contribution in [-0.2, 0) is 6.54 Å². The standard InChI is InChI=1S/C21H29N5O/c1-3-24(4-2)20-22-15-19(16-23-20)26(17-18-11-7-5-8-12-18)21(27)25-13-9-6-10-14-25/h5,7-8,11-12,15-16H,3-4,6,9-10,13-14,17H2,1-2H3. The van der Waals surface area contributed by atoms with Gasteiger partial charge >= 0.3 is 6.03 Å². The smallest absolute Gasteiger partial charge is 0.324 e. The van der Waals surface area contributed by atoms with Gasteiger partial charge in [0.1, 0.15) is 0 Å². The predicted molar refractivity (Wildman–Crippen MR) is 109 cm³/mol. The summed E-state index contributed by atoms with van der Waals surface area (Å²) in [5.41, 5.74) is 1.83. The molecular formula is C21H29N5O. The van der Waals surface area contributed by atoms with Gasteiger partial charge in [0.25, 0.3) is 0 Å². The van der Waals surface area contributed by atoms with E-state index < -0.39 is 0 Å². The maximum atomic E-state index is 13.2. The predicted octanol–water partition coefficient (Wildman–Crippen LogP) is 3.94. The Bertz CT molecular complexity index is 709. The lowest BCUT2D eigenvalue weighted by Gasteiger charge is -2.33. The normalized spacial score (nSPS) is 14.1. The highest BCUT2D eigenvalue weighted by atomic mass is 16.2. The maximum Gasteiger partial charge on any atom is 0.324 e. The molecule has 6 nitrogen and oxygen atoms in total. The molecule has 3 rings (SSSR count). The molecule has 1 aromatic heterocycles. The topological polar surface area (TPSA) is 52.6 Å². The van der Waals surface area contributed by atoms with Gasteiger partial charge in [-0.3, -0.25) is 4.90 Å². The van der Waals surface area contributed by atoms with Crippen LogP contribution in [0.15, 0.2) is 42.7 Å². The number of hydrogen-bond acceptors (Lipinski definition) is 4. The number of amides is 2. The molecular weight excluding hydrogens is 338 g/mol. The van der Waals surface area contributed by atoms with Gasteiger partial charge in [0.15, 0.2) is 0 Å². The molecule has 0 radical (unpaired) electrons. The van der Waals surface area contributed by atoms with Gasteiger partial charge in [-0.05, 0) is 38.7 Å². The molecule has 1 aliphatic heterocycles. The molecule has 1 aliphatic rings. The molecule has 0 saturated carbocycles. The Morgan fingerprint density at radius 2 is 1.63 bits per heavy atom. The molecule has 2 amide bonds. The van der Waals surface area contributed by atoms with Crippen LogP contribution in [0.25, 0.3) is 0 Å². The minimum Gasteiger partial charge on any atom is -0.341 e. The van der Waals surface area contributed by atoms with Crippen LogP contribution in [0.5, 0.6) is 0 Å². The largest absolute Gasteiger partial charge is 0.341 e. The highest BCUT2D eigenvalue weighted by Crippen LogP contribution is 2.21. The summed E-state index contributed by atoms with van der Waals surface area (Å²) in [4.78, 5) is 28.1. The van der Waals surface area contributed by atoms with Crippen molar-refractivity contribution in [2.24, 2.45) is 0 Å². The summed E-state index contributed by atoms with van der Waals surface area (Å²) in [6.07, 6.45) is 6.88. The van der Waals surface area contributed by atoms with E-state index in [4.69, 9.17) is 0 Å². The Kier molecular flexibility index (Phi) is 6.63. The Labute approximate surface area is 161 Å². The van der Waals surface area contributed by atoms with Gasteiger partial charge in [-0.15, -0.1) is 0 Å². The van der Waals surface area contributed by atoms with E-state index in [0.29, 0.717) is 12.5 Å². The third-order valence-electron chi connectivity index (χ3n) is 5.02. The number of likely N-dealkylation sites (tertiary alicyclic amines) is 1. The van der Waals surface area contributed by atoms with E-state index in [1.807, 2.05) is 35.2 Å². The van der Waals surface area contributed by atoms with Gasteiger partial charge in [0.05, 0.1) is 24.6 Å². The summed E-state index contributed by atoms with van der Waals surface area (Å²) < 4.78 is 0. The summed E-state index contributed by atoms with van der Waals surface area (Å²) >= 11 is 0. The Morgan fingerprint density at radius 3 is 2.22 bits per heavy atom. The minimum absolute atomic E-state index is 0.0396. The monoisotopic (exact) mass is 367 g/mol. The zero-order valence-electron chi connectivity index (χ0n) is 16.3. The fourth-order valence-corrected chi connectivity index (χ4v) is 3.41. The lowest BCUT2D eigenvalue weighted by molar-refractivity contribution is 0.192. The third-order valence-corrected chi connectivity index (χ3v) is 5.02. The Balaban J connectivity index is 1.85. The lowest BCUT2D eigenvalue weighted by Crippen LogP contribution is -2.45. The molecule has 0 atom stereocenters. The second kappa shape index (κ2) is 9.35. The molecule has 6 heteroatoms. The molecule has 0 unspecified atom stereocenters. The van der Waals surface area contributed by atoms with Crippen LogP contribution in [0.3, 0.4) is 0 Å². The second-order valence-electron chi connectivity index (χ2n) is 6.82. The fourth-order valence-electron chi connectivity index (χ4n) is 3.41. The minimum atomic E-state index is 0.0396. The van der Waals surface area contributed by atoms with E-state index in [0.717, 1.165) is 50.3 Å². The SMILES string of the molecule is CCN(CC)c1ncc(N(Cc2ccccc2)C(=O)N2CCCCC2)cn1. The molecule has 0 spiro atoms. The number of anilines is 2. The summed E-state index contributed by atoms with van der Waals surface area (Å²) in [6.45, 7) is 8.05.